The lowest BCUT2D eigenvalue weighted by molar-refractivity contribution is -0.374. The fourth-order valence-corrected chi connectivity index (χ4v) is 0.0799. The van der Waals surface area contributed by atoms with E-state index in [2.05, 4.69) is 0 Å². The van der Waals surface area contributed by atoms with Crippen molar-refractivity contribution in [1.82, 2.24) is 5.43 Å². The third-order valence-electron chi connectivity index (χ3n) is 0.307. The van der Waals surface area contributed by atoms with Crippen molar-refractivity contribution in [2.75, 3.05) is 0 Å². The Morgan fingerprint density at radius 2 is 2.25 bits per heavy atom. The van der Waals surface area contributed by atoms with Crippen LogP contribution in [0.4, 0.5) is 4.79 Å². The van der Waals surface area contributed by atoms with Gasteiger partial charge >= 0.3 is 6.03 Å². The molecule has 0 unspecified atom stereocenters. The number of nitrogens with zero attached hydrogens (tertiary/aromatic N) is 2. The number of carbonyl (C=O) groups excluding carboxylic acids is 1. The molecule has 0 heterocycles. The highest BCUT2D eigenvalue weighted by Gasteiger charge is 2.10. The number of rotatable bonds is 1. The van der Waals surface area contributed by atoms with Gasteiger partial charge in [-0.1, -0.05) is 5.43 Å². The fourth-order valence-electron chi connectivity index (χ4n) is 0.0799. The Labute approximate surface area is 42.8 Å². The van der Waals surface area contributed by atoms with Gasteiger partial charge in [0.25, 0.3) is 0 Å². The molecule has 7 heteroatoms. The maximum absolute atomic E-state index is 9.64. The zero-order valence-corrected chi connectivity index (χ0v) is 3.53. The van der Waals surface area contributed by atoms with Gasteiger partial charge in [-0.3, -0.25) is 0 Å². The lowest BCUT2D eigenvalue weighted by atomic mass is 11.1. The first kappa shape index (κ1) is 6.47. The maximum Gasteiger partial charge on any atom is 0.560 e. The van der Waals surface area contributed by atoms with Crippen molar-refractivity contribution in [3.8, 4) is 0 Å². The van der Waals surface area contributed by atoms with E-state index in [0.717, 1.165) is 5.43 Å². The van der Waals surface area contributed by atoms with Crippen LogP contribution in [0.15, 0.2) is 5.29 Å². The minimum Gasteiger partial charge on any atom is -0.355 e. The van der Waals surface area contributed by atoms with Crippen LogP contribution in [0.25, 0.3) is 0 Å². The Balaban J connectivity index is 3.65. The minimum atomic E-state index is -1.62. The summed E-state index contributed by atoms with van der Waals surface area (Å²) in [5, 5.41) is 11.0. The average molecular weight is 119 g/mol. The summed E-state index contributed by atoms with van der Waals surface area (Å²) >= 11 is 0. The van der Waals surface area contributed by atoms with Crippen molar-refractivity contribution in [3.63, 3.8) is 0 Å². The molecule has 0 saturated carbocycles. The van der Waals surface area contributed by atoms with E-state index in [4.69, 9.17) is 4.91 Å². The monoisotopic (exact) mass is 119 g/mol. The predicted molar refractivity (Wildman–Crippen MR) is 21.3 cm³/mol. The third kappa shape index (κ3) is 1.80. The van der Waals surface area contributed by atoms with Crippen molar-refractivity contribution >= 4 is 6.03 Å². The van der Waals surface area contributed by atoms with Crippen molar-refractivity contribution in [1.29, 1.82) is 0 Å². The lowest BCUT2D eigenvalue weighted by Crippen LogP contribution is -2.22. The summed E-state index contributed by atoms with van der Waals surface area (Å²) in [7, 11) is 0. The molecule has 0 fully saturated rings. The maximum atomic E-state index is 9.64. The van der Waals surface area contributed by atoms with E-state index in [1.165, 1.54) is 0 Å². The second-order valence-electron chi connectivity index (χ2n) is 0.765. The zero-order chi connectivity index (χ0) is 6.57. The molecule has 0 bridgehead atoms. The first-order valence-electron chi connectivity index (χ1n) is 1.45. The highest BCUT2D eigenvalue weighted by Crippen LogP contribution is 1.69. The molecule has 8 heavy (non-hydrogen) atoms. The third-order valence-corrected chi connectivity index (χ3v) is 0.307. The summed E-state index contributed by atoms with van der Waals surface area (Å²) < 4.78 is 0. The summed E-state index contributed by atoms with van der Waals surface area (Å²) in [6, 6.07) is -1.62. The van der Waals surface area contributed by atoms with Gasteiger partial charge in [0.2, 0.25) is 0 Å². The Kier molecular flexibility index (Phi) is 2.11. The minimum absolute atomic E-state index is 1.08. The summed E-state index contributed by atoms with van der Waals surface area (Å²) in [6.45, 7) is 0. The molecule has 0 aliphatic rings. The van der Waals surface area contributed by atoms with E-state index in [0.29, 0.717) is 0 Å². The van der Waals surface area contributed by atoms with Crippen molar-refractivity contribution < 1.29 is 9.72 Å². The Morgan fingerprint density at radius 3 is 2.38 bits per heavy atom. The van der Waals surface area contributed by atoms with E-state index in [9.17, 15) is 14.9 Å². The van der Waals surface area contributed by atoms with Crippen LogP contribution in [0, 0.1) is 15.0 Å². The SMILES string of the molecule is O=NNC(=O)[N+](=O)[O-]. The molecule has 44 valence electrons. The molecule has 0 spiro atoms. The van der Waals surface area contributed by atoms with Crippen LogP contribution >= 0.6 is 0 Å². The lowest BCUT2D eigenvalue weighted by Gasteiger charge is -1.82. The van der Waals surface area contributed by atoms with Crippen LogP contribution in [0.1, 0.15) is 0 Å². The molecular formula is CHN3O4. The molecule has 0 radical (unpaired) electrons. The Hall–Kier alpha value is -1.53. The standard InChI is InChI=1S/CHN3O4/c5-1(2-3-6)4(7)8/h(H,2,5,6). The van der Waals surface area contributed by atoms with Crippen molar-refractivity contribution in [2.24, 2.45) is 5.29 Å². The van der Waals surface area contributed by atoms with E-state index in [1.54, 1.807) is 5.29 Å². The second-order valence-corrected chi connectivity index (χ2v) is 0.765. The van der Waals surface area contributed by atoms with Gasteiger partial charge in [0.15, 0.2) is 5.29 Å². The molecule has 0 atom stereocenters. The summed E-state index contributed by atoms with van der Waals surface area (Å²) in [5.41, 5.74) is 1.08. The van der Waals surface area contributed by atoms with Gasteiger partial charge in [0.1, 0.15) is 0 Å². The smallest absolute Gasteiger partial charge is 0.355 e. The summed E-state index contributed by atoms with van der Waals surface area (Å²) in [4.78, 5) is 26.7. The van der Waals surface area contributed by atoms with Crippen LogP contribution in [-0.2, 0) is 0 Å². The fraction of sp³-hybridized carbons (Fsp3) is 0. The number of nitro groups is 1. The van der Waals surface area contributed by atoms with Gasteiger partial charge in [-0.05, 0) is 0 Å². The number of nitrogens with one attached hydrogen (secondary N) is 1. The highest BCUT2D eigenvalue weighted by atomic mass is 16.6. The number of hydrogen-bond donors (Lipinski definition) is 1. The molecule has 0 aromatic rings. The molecule has 0 aromatic carbocycles. The van der Waals surface area contributed by atoms with E-state index in [-0.39, 0.29) is 0 Å². The van der Waals surface area contributed by atoms with E-state index < -0.39 is 11.0 Å². The van der Waals surface area contributed by atoms with Gasteiger partial charge in [0.05, 0.1) is 0 Å². The molecule has 0 aromatic heterocycles. The largest absolute Gasteiger partial charge is 0.560 e. The van der Waals surface area contributed by atoms with Gasteiger partial charge in [-0.2, -0.15) is 4.79 Å². The quantitative estimate of drug-likeness (QED) is 0.289. The molecule has 1 N–H and O–H groups in total. The molecule has 0 aliphatic carbocycles. The predicted octanol–water partition coefficient (Wildman–Crippen LogP) is -0.346. The van der Waals surface area contributed by atoms with Gasteiger partial charge < -0.3 is 10.1 Å². The summed E-state index contributed by atoms with van der Waals surface area (Å²) in [6.07, 6.45) is 0. The number of carbonyl (C=O) groups is 1. The average Bonchev–Trinajstić information content (AvgIpc) is 1.67. The van der Waals surface area contributed by atoms with Crippen LogP contribution in [0.2, 0.25) is 0 Å². The van der Waals surface area contributed by atoms with Gasteiger partial charge in [-0.15, -0.1) is 4.91 Å². The Morgan fingerprint density at radius 1 is 1.75 bits per heavy atom. The zero-order valence-electron chi connectivity index (χ0n) is 3.53. The highest BCUT2D eigenvalue weighted by molar-refractivity contribution is 5.64. The van der Waals surface area contributed by atoms with E-state index >= 15 is 0 Å². The van der Waals surface area contributed by atoms with Crippen LogP contribution in [0.5, 0.6) is 0 Å². The molecule has 0 aliphatic heterocycles. The normalized spacial score (nSPS) is 7.50. The number of urea groups is 1. The molecule has 2 amide bonds. The molecule has 7 nitrogen and oxygen atoms in total. The molecule has 0 saturated heterocycles. The number of amides is 2. The second kappa shape index (κ2) is 2.61. The van der Waals surface area contributed by atoms with Crippen LogP contribution in [-0.4, -0.2) is 11.0 Å². The van der Waals surface area contributed by atoms with Crippen LogP contribution in [0.3, 0.4) is 0 Å². The van der Waals surface area contributed by atoms with Gasteiger partial charge in [0, 0.05) is 4.92 Å². The molecule has 0 rings (SSSR count). The van der Waals surface area contributed by atoms with E-state index in [1.807, 2.05) is 0 Å². The van der Waals surface area contributed by atoms with Crippen molar-refractivity contribution in [3.05, 3.63) is 15.0 Å². The first-order chi connectivity index (χ1) is 3.68. The number of nitroso groups, excluding NO2 is 1. The first-order valence-corrected chi connectivity index (χ1v) is 1.45. The summed E-state index contributed by atoms with van der Waals surface area (Å²) in [5.74, 6) is 0. The number of hydrogen-bond acceptors (Lipinski definition) is 5. The topological polar surface area (TPSA) is 102 Å². The van der Waals surface area contributed by atoms with Crippen LogP contribution < -0.4 is 5.43 Å². The van der Waals surface area contributed by atoms with Crippen molar-refractivity contribution in [2.45, 2.75) is 0 Å². The van der Waals surface area contributed by atoms with Gasteiger partial charge in [-0.25, -0.2) is 0 Å². The Bertz CT molecular complexity index is 129. The molecular weight excluding hydrogens is 118 g/mol.